The highest BCUT2D eigenvalue weighted by Gasteiger charge is 2.07. The fraction of sp³-hybridized carbons (Fsp3) is 0.111. The van der Waals surface area contributed by atoms with Gasteiger partial charge < -0.3 is 0 Å². The number of nitrogens with two attached hydrogens (primary N) is 1. The topological polar surface area (TPSA) is 38.0 Å². The Morgan fingerprint density at radius 3 is 2.23 bits per heavy atom. The van der Waals surface area contributed by atoms with Gasteiger partial charge in [-0.2, -0.15) is 0 Å². The van der Waals surface area contributed by atoms with Gasteiger partial charge in [0.25, 0.3) is 0 Å². The molecule has 0 amide bonds. The second-order valence-corrected chi connectivity index (χ2v) is 2.58. The maximum atomic E-state index is 12.7. The van der Waals surface area contributed by atoms with Crippen LogP contribution in [0.1, 0.15) is 11.6 Å². The molecule has 1 unspecified atom stereocenters. The van der Waals surface area contributed by atoms with E-state index in [1.54, 1.807) is 0 Å². The number of halogens is 2. The molecule has 1 aromatic rings. The molecule has 1 aromatic carbocycles. The summed E-state index contributed by atoms with van der Waals surface area (Å²) in [6.07, 6.45) is 1.47. The molecule has 0 spiro atoms. The number of rotatable bonds is 3. The third-order valence-corrected chi connectivity index (χ3v) is 1.66. The first-order chi connectivity index (χ1) is 6.17. The summed E-state index contributed by atoms with van der Waals surface area (Å²) in [5.74, 6) is 3.89. The Morgan fingerprint density at radius 1 is 1.31 bits per heavy atom. The summed E-state index contributed by atoms with van der Waals surface area (Å²) in [5, 5.41) is 0. The molecule has 0 aliphatic rings. The van der Waals surface area contributed by atoms with Crippen molar-refractivity contribution in [1.82, 2.24) is 5.43 Å². The minimum atomic E-state index is -0.628. The molecule has 3 N–H and O–H groups in total. The quantitative estimate of drug-likeness (QED) is 0.426. The molecule has 1 atom stereocenters. The fourth-order valence-electron chi connectivity index (χ4n) is 1.06. The van der Waals surface area contributed by atoms with Crippen LogP contribution < -0.4 is 11.3 Å². The largest absolute Gasteiger partial charge is 0.271 e. The van der Waals surface area contributed by atoms with E-state index in [-0.39, 0.29) is 0 Å². The van der Waals surface area contributed by atoms with Gasteiger partial charge in [-0.1, -0.05) is 6.08 Å². The van der Waals surface area contributed by atoms with E-state index >= 15 is 0 Å². The minimum absolute atomic E-state index is 0.412. The molecule has 2 nitrogen and oxygen atoms in total. The summed E-state index contributed by atoms with van der Waals surface area (Å²) < 4.78 is 25.4. The zero-order valence-corrected chi connectivity index (χ0v) is 6.93. The van der Waals surface area contributed by atoms with Crippen molar-refractivity contribution in [3.8, 4) is 0 Å². The molecule has 0 aliphatic carbocycles. The van der Waals surface area contributed by atoms with Crippen LogP contribution in [0.3, 0.4) is 0 Å². The van der Waals surface area contributed by atoms with E-state index in [0.29, 0.717) is 5.56 Å². The molecule has 0 heterocycles. The zero-order valence-electron chi connectivity index (χ0n) is 6.93. The maximum absolute atomic E-state index is 12.7. The molecule has 0 saturated heterocycles. The standard InChI is InChI=1S/C9H10F2N2/c1-2-9(13-12)6-3-7(10)5-8(11)4-6/h2-5,9,13H,1,12H2. The average molecular weight is 184 g/mol. The Kier molecular flexibility index (Phi) is 3.11. The van der Waals surface area contributed by atoms with Gasteiger partial charge in [0, 0.05) is 6.07 Å². The third-order valence-electron chi connectivity index (χ3n) is 1.66. The van der Waals surface area contributed by atoms with E-state index in [4.69, 9.17) is 5.84 Å². The van der Waals surface area contributed by atoms with Crippen LogP contribution in [-0.2, 0) is 0 Å². The highest BCUT2D eigenvalue weighted by molar-refractivity contribution is 5.24. The Balaban J connectivity index is 3.05. The monoisotopic (exact) mass is 184 g/mol. The van der Waals surface area contributed by atoms with Crippen molar-refractivity contribution < 1.29 is 8.78 Å². The Labute approximate surface area is 75.0 Å². The summed E-state index contributed by atoms with van der Waals surface area (Å²) >= 11 is 0. The van der Waals surface area contributed by atoms with E-state index in [9.17, 15) is 8.78 Å². The lowest BCUT2D eigenvalue weighted by Gasteiger charge is -2.11. The summed E-state index contributed by atoms with van der Waals surface area (Å²) in [6.45, 7) is 3.48. The van der Waals surface area contributed by atoms with Gasteiger partial charge in [0.2, 0.25) is 0 Å². The Morgan fingerprint density at radius 2 is 1.85 bits per heavy atom. The van der Waals surface area contributed by atoms with Crippen molar-refractivity contribution in [2.24, 2.45) is 5.84 Å². The van der Waals surface area contributed by atoms with Crippen molar-refractivity contribution in [3.05, 3.63) is 48.1 Å². The predicted molar refractivity (Wildman–Crippen MR) is 46.6 cm³/mol. The lowest BCUT2D eigenvalue weighted by molar-refractivity contribution is 0.569. The van der Waals surface area contributed by atoms with E-state index < -0.39 is 17.7 Å². The van der Waals surface area contributed by atoms with Gasteiger partial charge in [0.1, 0.15) is 11.6 Å². The average Bonchev–Trinajstić information content (AvgIpc) is 2.04. The fourth-order valence-corrected chi connectivity index (χ4v) is 1.06. The molecular formula is C9H10F2N2. The first-order valence-corrected chi connectivity index (χ1v) is 3.72. The molecule has 0 aromatic heterocycles. The van der Waals surface area contributed by atoms with Crippen LogP contribution in [0.25, 0.3) is 0 Å². The van der Waals surface area contributed by atoms with E-state index in [1.165, 1.54) is 18.2 Å². The van der Waals surface area contributed by atoms with Gasteiger partial charge in [-0.25, -0.2) is 14.2 Å². The van der Waals surface area contributed by atoms with Gasteiger partial charge in [0.05, 0.1) is 6.04 Å². The first-order valence-electron chi connectivity index (χ1n) is 3.72. The van der Waals surface area contributed by atoms with Crippen LogP contribution in [0, 0.1) is 11.6 Å². The zero-order chi connectivity index (χ0) is 9.84. The third kappa shape index (κ3) is 2.34. The molecule has 0 saturated carbocycles. The SMILES string of the molecule is C=CC(NN)c1cc(F)cc(F)c1. The minimum Gasteiger partial charge on any atom is -0.271 e. The maximum Gasteiger partial charge on any atom is 0.126 e. The van der Waals surface area contributed by atoms with Gasteiger partial charge in [-0.3, -0.25) is 5.84 Å². The molecule has 70 valence electrons. The molecule has 13 heavy (non-hydrogen) atoms. The van der Waals surface area contributed by atoms with E-state index in [2.05, 4.69) is 12.0 Å². The molecule has 4 heteroatoms. The predicted octanol–water partition coefficient (Wildman–Crippen LogP) is 1.66. The van der Waals surface area contributed by atoms with Gasteiger partial charge in [0.15, 0.2) is 0 Å². The molecule has 1 rings (SSSR count). The number of hydrogen-bond donors (Lipinski definition) is 2. The van der Waals surface area contributed by atoms with Crippen LogP contribution >= 0.6 is 0 Å². The molecule has 0 aliphatic heterocycles. The Hall–Kier alpha value is -1.26. The lowest BCUT2D eigenvalue weighted by Crippen LogP contribution is -2.26. The van der Waals surface area contributed by atoms with Crippen molar-refractivity contribution in [1.29, 1.82) is 0 Å². The molecule has 0 bridgehead atoms. The number of hydrogen-bond acceptors (Lipinski definition) is 2. The summed E-state index contributed by atoms with van der Waals surface area (Å²) in [4.78, 5) is 0. The molecular weight excluding hydrogens is 174 g/mol. The first kappa shape index (κ1) is 9.83. The van der Waals surface area contributed by atoms with Crippen LogP contribution in [0.15, 0.2) is 30.9 Å². The smallest absolute Gasteiger partial charge is 0.126 e. The van der Waals surface area contributed by atoms with Gasteiger partial charge in [-0.05, 0) is 17.7 Å². The summed E-state index contributed by atoms with van der Waals surface area (Å²) in [6, 6.07) is 2.77. The van der Waals surface area contributed by atoms with Crippen molar-refractivity contribution >= 4 is 0 Å². The van der Waals surface area contributed by atoms with Crippen LogP contribution in [0.5, 0.6) is 0 Å². The normalized spacial score (nSPS) is 12.5. The second-order valence-electron chi connectivity index (χ2n) is 2.58. The number of benzene rings is 1. The highest BCUT2D eigenvalue weighted by Crippen LogP contribution is 2.15. The second kappa shape index (κ2) is 4.11. The van der Waals surface area contributed by atoms with Crippen LogP contribution in [0.4, 0.5) is 8.78 Å². The highest BCUT2D eigenvalue weighted by atomic mass is 19.1. The van der Waals surface area contributed by atoms with Crippen LogP contribution in [0.2, 0.25) is 0 Å². The van der Waals surface area contributed by atoms with Gasteiger partial charge in [-0.15, -0.1) is 6.58 Å². The summed E-state index contributed by atoms with van der Waals surface area (Å²) in [7, 11) is 0. The Bertz CT molecular complexity index is 292. The van der Waals surface area contributed by atoms with Crippen molar-refractivity contribution in [3.63, 3.8) is 0 Å². The molecule has 0 fully saturated rings. The number of nitrogens with one attached hydrogen (secondary N) is 1. The summed E-state index contributed by atoms with van der Waals surface area (Å²) in [5.41, 5.74) is 2.78. The molecule has 0 radical (unpaired) electrons. The lowest BCUT2D eigenvalue weighted by atomic mass is 10.1. The van der Waals surface area contributed by atoms with E-state index in [0.717, 1.165) is 6.07 Å². The van der Waals surface area contributed by atoms with Crippen molar-refractivity contribution in [2.75, 3.05) is 0 Å². The van der Waals surface area contributed by atoms with Crippen molar-refractivity contribution in [2.45, 2.75) is 6.04 Å². The van der Waals surface area contributed by atoms with Gasteiger partial charge >= 0.3 is 0 Å². The van der Waals surface area contributed by atoms with Crippen LogP contribution in [-0.4, -0.2) is 0 Å². The van der Waals surface area contributed by atoms with E-state index in [1.807, 2.05) is 0 Å². The number of hydrazine groups is 1.